The van der Waals surface area contributed by atoms with Crippen LogP contribution in [0.1, 0.15) is 35.2 Å². The van der Waals surface area contributed by atoms with Crippen molar-refractivity contribution in [2.24, 2.45) is 5.92 Å². The number of halogens is 3. The predicted molar refractivity (Wildman–Crippen MR) is 110 cm³/mol. The molecule has 3 fully saturated rings. The molecule has 2 saturated heterocycles. The molecule has 1 saturated carbocycles. The van der Waals surface area contributed by atoms with E-state index in [0.717, 1.165) is 19.3 Å². The maximum atomic E-state index is 12.7. The molecule has 3 heterocycles. The number of rotatable bonds is 8. The number of likely N-dealkylation sites (tertiary alicyclic amines) is 1. The zero-order valence-corrected chi connectivity index (χ0v) is 17.7. The molecule has 1 aliphatic carbocycles. The van der Waals surface area contributed by atoms with Crippen LogP contribution in [0.5, 0.6) is 11.5 Å². The van der Waals surface area contributed by atoms with Crippen LogP contribution in [0.3, 0.4) is 0 Å². The second-order valence-corrected chi connectivity index (χ2v) is 8.69. The highest BCUT2D eigenvalue weighted by Gasteiger charge is 2.53. The first-order valence-corrected chi connectivity index (χ1v) is 10.8. The zero-order chi connectivity index (χ0) is 23.1. The maximum absolute atomic E-state index is 12.7. The molecule has 1 aromatic carbocycles. The van der Waals surface area contributed by atoms with Gasteiger partial charge in [-0.25, -0.2) is 9.97 Å². The average molecular weight is 464 g/mol. The van der Waals surface area contributed by atoms with Gasteiger partial charge in [-0.05, 0) is 42.9 Å². The van der Waals surface area contributed by atoms with Gasteiger partial charge in [-0.15, -0.1) is 13.2 Å². The van der Waals surface area contributed by atoms with E-state index >= 15 is 0 Å². The summed E-state index contributed by atoms with van der Waals surface area (Å²) in [5.74, 6) is 0.532. The average Bonchev–Trinajstić information content (AvgIpc) is 3.52. The number of nitrogens with one attached hydrogen (secondary N) is 1. The van der Waals surface area contributed by atoms with Crippen LogP contribution in [0, 0.1) is 5.92 Å². The summed E-state index contributed by atoms with van der Waals surface area (Å²) < 4.78 is 53.1. The number of carbonyl (C=O) groups is 1. The molecule has 0 radical (unpaired) electrons. The van der Waals surface area contributed by atoms with Gasteiger partial charge in [0.15, 0.2) is 0 Å². The second kappa shape index (κ2) is 8.36. The van der Waals surface area contributed by atoms with Crippen LogP contribution in [0.4, 0.5) is 19.1 Å². The predicted octanol–water partition coefficient (Wildman–Crippen LogP) is 3.39. The number of aromatic nitrogens is 2. The van der Waals surface area contributed by atoms with Crippen molar-refractivity contribution in [2.75, 3.05) is 31.7 Å². The topological polar surface area (TPSA) is 85.8 Å². The number of benzene rings is 1. The minimum atomic E-state index is -4.80. The van der Waals surface area contributed by atoms with E-state index in [1.165, 1.54) is 24.5 Å². The summed E-state index contributed by atoms with van der Waals surface area (Å²) in [6.07, 6.45) is 1.15. The molecular formula is C22H23F3N4O4. The van der Waals surface area contributed by atoms with E-state index in [2.05, 4.69) is 20.0 Å². The van der Waals surface area contributed by atoms with Crippen LogP contribution in [0.15, 0.2) is 30.6 Å². The van der Waals surface area contributed by atoms with Crippen LogP contribution in [-0.4, -0.2) is 59.0 Å². The SMILES string of the molecule is O=C(c1cnc(NCc2cc(OCC3CC3)cc(OC(F)(F)F)c2)nc1)N1CCC12COC2. The standard InChI is InChI=1S/C22H23F3N4O4/c23-22(24,25)33-18-6-15(5-17(7-18)32-11-14-1-2-14)8-26-20-27-9-16(10-28-20)19(30)29-4-3-21(29)12-31-13-21/h5-7,9-10,14H,1-4,8,11-13H2,(H,26,27,28). The van der Waals surface area contributed by atoms with Gasteiger partial charge in [-0.2, -0.15) is 0 Å². The quantitative estimate of drug-likeness (QED) is 0.641. The van der Waals surface area contributed by atoms with Gasteiger partial charge in [0.2, 0.25) is 5.95 Å². The van der Waals surface area contributed by atoms with E-state index in [9.17, 15) is 18.0 Å². The highest BCUT2D eigenvalue weighted by Crippen LogP contribution is 2.38. The summed E-state index contributed by atoms with van der Waals surface area (Å²) in [5.41, 5.74) is 0.721. The first kappa shape index (κ1) is 21.7. The third kappa shape index (κ3) is 4.97. The molecule has 11 heteroatoms. The number of carbonyl (C=O) groups excluding carboxylic acids is 1. The largest absolute Gasteiger partial charge is 0.573 e. The Morgan fingerprint density at radius 1 is 1.18 bits per heavy atom. The molecule has 0 bridgehead atoms. The van der Waals surface area contributed by atoms with Crippen LogP contribution in [0.2, 0.25) is 0 Å². The van der Waals surface area contributed by atoms with Gasteiger partial charge in [0, 0.05) is 31.5 Å². The number of amides is 1. The smallest absolute Gasteiger partial charge is 0.493 e. The normalized spacial score (nSPS) is 18.9. The van der Waals surface area contributed by atoms with E-state index in [4.69, 9.17) is 9.47 Å². The van der Waals surface area contributed by atoms with Gasteiger partial charge in [-0.1, -0.05) is 0 Å². The Morgan fingerprint density at radius 3 is 2.48 bits per heavy atom. The van der Waals surface area contributed by atoms with Gasteiger partial charge in [0.1, 0.15) is 11.5 Å². The lowest BCUT2D eigenvalue weighted by atomic mass is 9.82. The molecule has 2 aliphatic heterocycles. The Balaban J connectivity index is 1.22. The fourth-order valence-electron chi connectivity index (χ4n) is 3.87. The van der Waals surface area contributed by atoms with Crippen LogP contribution in [-0.2, 0) is 11.3 Å². The minimum absolute atomic E-state index is 0.134. The molecule has 1 spiro atoms. The Morgan fingerprint density at radius 2 is 1.91 bits per heavy atom. The van der Waals surface area contributed by atoms with E-state index in [-0.39, 0.29) is 29.7 Å². The molecule has 0 atom stereocenters. The van der Waals surface area contributed by atoms with Crippen LogP contribution < -0.4 is 14.8 Å². The van der Waals surface area contributed by atoms with Crippen molar-refractivity contribution in [2.45, 2.75) is 37.7 Å². The van der Waals surface area contributed by atoms with Crippen molar-refractivity contribution in [1.82, 2.24) is 14.9 Å². The Bertz CT molecular complexity index is 1020. The summed E-state index contributed by atoms with van der Waals surface area (Å²) >= 11 is 0. The number of nitrogens with zero attached hydrogens (tertiary/aromatic N) is 3. The number of hydrogen-bond donors (Lipinski definition) is 1. The van der Waals surface area contributed by atoms with Crippen molar-refractivity contribution in [3.05, 3.63) is 41.7 Å². The highest BCUT2D eigenvalue weighted by atomic mass is 19.4. The highest BCUT2D eigenvalue weighted by molar-refractivity contribution is 5.95. The number of anilines is 1. The Labute approximate surface area is 188 Å². The lowest BCUT2D eigenvalue weighted by molar-refractivity contribution is -0.274. The van der Waals surface area contributed by atoms with Crippen molar-refractivity contribution >= 4 is 11.9 Å². The van der Waals surface area contributed by atoms with E-state index in [1.54, 1.807) is 11.0 Å². The maximum Gasteiger partial charge on any atom is 0.573 e. The second-order valence-electron chi connectivity index (χ2n) is 8.69. The van der Waals surface area contributed by atoms with E-state index < -0.39 is 6.36 Å². The number of alkyl halides is 3. The molecule has 1 aromatic heterocycles. The van der Waals surface area contributed by atoms with Gasteiger partial charge >= 0.3 is 6.36 Å². The summed E-state index contributed by atoms with van der Waals surface area (Å²) in [4.78, 5) is 22.8. The van der Waals surface area contributed by atoms with Gasteiger partial charge in [0.25, 0.3) is 5.91 Å². The lowest BCUT2D eigenvalue weighted by Crippen LogP contribution is -2.72. The summed E-state index contributed by atoms with van der Waals surface area (Å²) in [6.45, 7) is 2.41. The Kier molecular flexibility index (Phi) is 5.51. The molecule has 2 aromatic rings. The molecule has 5 rings (SSSR count). The van der Waals surface area contributed by atoms with Crippen molar-refractivity contribution in [1.29, 1.82) is 0 Å². The Hall–Kier alpha value is -3.08. The fourth-order valence-corrected chi connectivity index (χ4v) is 3.87. The number of ether oxygens (including phenoxy) is 3. The monoisotopic (exact) mass is 464 g/mol. The van der Waals surface area contributed by atoms with Crippen LogP contribution in [0.25, 0.3) is 0 Å². The molecule has 1 amide bonds. The minimum Gasteiger partial charge on any atom is -0.493 e. The fraction of sp³-hybridized carbons (Fsp3) is 0.500. The van der Waals surface area contributed by atoms with Gasteiger partial charge in [0.05, 0.1) is 30.9 Å². The van der Waals surface area contributed by atoms with Gasteiger partial charge in [-0.3, -0.25) is 4.79 Å². The molecule has 33 heavy (non-hydrogen) atoms. The molecule has 3 aliphatic rings. The third-order valence-corrected chi connectivity index (χ3v) is 6.07. The first-order chi connectivity index (χ1) is 15.8. The van der Waals surface area contributed by atoms with E-state index in [0.29, 0.717) is 49.2 Å². The van der Waals surface area contributed by atoms with Crippen LogP contribution >= 0.6 is 0 Å². The summed E-state index contributed by atoms with van der Waals surface area (Å²) in [6, 6.07) is 4.17. The van der Waals surface area contributed by atoms with Crippen molar-refractivity contribution in [3.63, 3.8) is 0 Å². The molecule has 176 valence electrons. The summed E-state index contributed by atoms with van der Waals surface area (Å²) in [5, 5.41) is 2.96. The van der Waals surface area contributed by atoms with Gasteiger partial charge < -0.3 is 24.4 Å². The summed E-state index contributed by atoms with van der Waals surface area (Å²) in [7, 11) is 0. The van der Waals surface area contributed by atoms with E-state index in [1.807, 2.05) is 0 Å². The van der Waals surface area contributed by atoms with Crippen molar-refractivity contribution in [3.8, 4) is 11.5 Å². The zero-order valence-electron chi connectivity index (χ0n) is 17.7. The molecule has 1 N–H and O–H groups in total. The molecule has 0 unspecified atom stereocenters. The van der Waals surface area contributed by atoms with Crippen molar-refractivity contribution < 1.29 is 32.2 Å². The first-order valence-electron chi connectivity index (χ1n) is 10.8. The molecular weight excluding hydrogens is 441 g/mol. The number of hydrogen-bond acceptors (Lipinski definition) is 7. The molecule has 8 nitrogen and oxygen atoms in total. The third-order valence-electron chi connectivity index (χ3n) is 6.07. The lowest BCUT2D eigenvalue weighted by Gasteiger charge is -2.57.